The van der Waals surface area contributed by atoms with Crippen molar-refractivity contribution in [3.8, 4) is 0 Å². The molecule has 2 N–H and O–H groups in total. The van der Waals surface area contributed by atoms with Crippen LogP contribution in [0, 0.1) is 6.92 Å². The third-order valence-electron chi connectivity index (χ3n) is 6.23. The van der Waals surface area contributed by atoms with Gasteiger partial charge in [0, 0.05) is 42.1 Å². The van der Waals surface area contributed by atoms with Gasteiger partial charge in [0.15, 0.2) is 0 Å². The molecule has 0 spiro atoms. The summed E-state index contributed by atoms with van der Waals surface area (Å²) >= 11 is 0. The van der Waals surface area contributed by atoms with Gasteiger partial charge in [-0.2, -0.15) is 0 Å². The van der Waals surface area contributed by atoms with Crippen LogP contribution in [0.3, 0.4) is 0 Å². The highest BCUT2D eigenvalue weighted by Crippen LogP contribution is 2.32. The van der Waals surface area contributed by atoms with E-state index < -0.39 is 5.97 Å². The predicted molar refractivity (Wildman–Crippen MR) is 127 cm³/mol. The normalized spacial score (nSPS) is 15.2. The van der Waals surface area contributed by atoms with Crippen molar-refractivity contribution >= 4 is 34.2 Å². The van der Waals surface area contributed by atoms with Crippen LogP contribution in [0.2, 0.25) is 0 Å². The minimum atomic E-state index is -0.945. The van der Waals surface area contributed by atoms with Gasteiger partial charge in [0.25, 0.3) is 0 Å². The van der Waals surface area contributed by atoms with Crippen LogP contribution in [0.5, 0.6) is 0 Å². The molecule has 7 nitrogen and oxygen atoms in total. The molecule has 1 saturated heterocycles. The molecule has 1 fully saturated rings. The Morgan fingerprint density at radius 1 is 1.16 bits per heavy atom. The number of anilines is 2. The SMILES string of the molecule is Cc1cc(C(C)Nc2ccccc2C(=O)O)c2nc(N3CCCCC3)n3ccnc3c2c1. The number of hydrogen-bond acceptors (Lipinski definition) is 5. The van der Waals surface area contributed by atoms with Crippen molar-refractivity contribution < 1.29 is 9.90 Å². The number of fused-ring (bicyclic) bond motifs is 3. The number of carboxylic acid groups (broad SMARTS) is 1. The zero-order chi connectivity index (χ0) is 22.2. The molecular weight excluding hydrogens is 402 g/mol. The van der Waals surface area contributed by atoms with Crippen molar-refractivity contribution in [2.45, 2.75) is 39.2 Å². The maximum absolute atomic E-state index is 11.7. The van der Waals surface area contributed by atoms with Crippen LogP contribution in [-0.4, -0.2) is 38.5 Å². The summed E-state index contributed by atoms with van der Waals surface area (Å²) in [6.07, 6.45) is 7.40. The number of carbonyl (C=O) groups is 1. The van der Waals surface area contributed by atoms with Gasteiger partial charge in [-0.05, 0) is 56.9 Å². The van der Waals surface area contributed by atoms with Crippen molar-refractivity contribution in [2.75, 3.05) is 23.3 Å². The molecule has 1 atom stereocenters. The smallest absolute Gasteiger partial charge is 0.337 e. The minimum Gasteiger partial charge on any atom is -0.478 e. The van der Waals surface area contributed by atoms with Gasteiger partial charge >= 0.3 is 5.97 Å². The molecule has 0 saturated carbocycles. The molecule has 1 aliphatic rings. The lowest BCUT2D eigenvalue weighted by Crippen LogP contribution is -2.32. The number of aryl methyl sites for hydroxylation is 1. The van der Waals surface area contributed by atoms with Gasteiger partial charge in [-0.15, -0.1) is 0 Å². The molecule has 2 aromatic heterocycles. The summed E-state index contributed by atoms with van der Waals surface area (Å²) in [6.45, 7) is 6.10. The van der Waals surface area contributed by atoms with E-state index in [-0.39, 0.29) is 11.6 Å². The Kier molecular flexibility index (Phi) is 5.17. The Bertz CT molecular complexity index is 1310. The average Bonchev–Trinajstić information content (AvgIpc) is 3.29. The first-order valence-corrected chi connectivity index (χ1v) is 11.1. The molecular formula is C25H27N5O2. The number of aromatic nitrogens is 3. The van der Waals surface area contributed by atoms with Gasteiger partial charge in [0.2, 0.25) is 5.95 Å². The molecule has 2 aromatic carbocycles. The van der Waals surface area contributed by atoms with Crippen LogP contribution in [0.1, 0.15) is 53.7 Å². The number of piperidine rings is 1. The second kappa shape index (κ2) is 8.15. The van der Waals surface area contributed by atoms with E-state index in [0.29, 0.717) is 5.69 Å². The highest BCUT2D eigenvalue weighted by Gasteiger charge is 2.21. The molecule has 32 heavy (non-hydrogen) atoms. The lowest BCUT2D eigenvalue weighted by molar-refractivity contribution is 0.0698. The third-order valence-corrected chi connectivity index (χ3v) is 6.23. The fraction of sp³-hybridized carbons (Fsp3) is 0.320. The number of imidazole rings is 1. The summed E-state index contributed by atoms with van der Waals surface area (Å²) in [5.74, 6) is -0.0213. The summed E-state index contributed by atoms with van der Waals surface area (Å²) in [5.41, 5.74) is 4.81. The quantitative estimate of drug-likeness (QED) is 0.462. The van der Waals surface area contributed by atoms with E-state index in [1.165, 1.54) is 19.3 Å². The minimum absolute atomic E-state index is 0.142. The number of nitrogens with zero attached hydrogens (tertiary/aromatic N) is 4. The number of benzene rings is 2. The summed E-state index contributed by atoms with van der Waals surface area (Å²) in [7, 11) is 0. The Morgan fingerprint density at radius 2 is 1.94 bits per heavy atom. The highest BCUT2D eigenvalue weighted by atomic mass is 16.4. The Morgan fingerprint density at radius 3 is 2.72 bits per heavy atom. The van der Waals surface area contributed by atoms with Gasteiger partial charge in [0.1, 0.15) is 5.65 Å². The second-order valence-electron chi connectivity index (χ2n) is 8.55. The molecule has 1 unspecified atom stereocenters. The van der Waals surface area contributed by atoms with E-state index in [0.717, 1.165) is 46.7 Å². The van der Waals surface area contributed by atoms with Gasteiger partial charge in [0.05, 0.1) is 17.1 Å². The van der Waals surface area contributed by atoms with Crippen molar-refractivity contribution in [3.63, 3.8) is 0 Å². The van der Waals surface area contributed by atoms with Crippen LogP contribution < -0.4 is 10.2 Å². The van der Waals surface area contributed by atoms with Crippen LogP contribution in [-0.2, 0) is 0 Å². The molecule has 0 aliphatic carbocycles. The number of rotatable bonds is 5. The first kappa shape index (κ1) is 20.3. The molecule has 5 rings (SSSR count). The van der Waals surface area contributed by atoms with Crippen LogP contribution >= 0.6 is 0 Å². The second-order valence-corrected chi connectivity index (χ2v) is 8.55. The van der Waals surface area contributed by atoms with Crippen molar-refractivity contribution in [1.29, 1.82) is 0 Å². The molecule has 3 heterocycles. The Hall–Kier alpha value is -3.61. The molecule has 0 bridgehead atoms. The number of nitrogens with one attached hydrogen (secondary N) is 1. The summed E-state index contributed by atoms with van der Waals surface area (Å²) in [6, 6.07) is 11.1. The third kappa shape index (κ3) is 3.53. The average molecular weight is 430 g/mol. The molecule has 164 valence electrons. The number of carboxylic acids is 1. The van der Waals surface area contributed by atoms with Crippen molar-refractivity contribution in [3.05, 3.63) is 65.5 Å². The molecule has 0 amide bonds. The standard InChI is InChI=1S/C25H27N5O2/c1-16-14-19(17(2)27-21-9-5-4-8-18(21)24(31)32)22-20(15-16)23-26-10-13-30(23)25(28-22)29-11-6-3-7-12-29/h4-5,8-10,13-15,17,27H,3,6-7,11-12H2,1-2H3,(H,31,32). The van der Waals surface area contributed by atoms with E-state index in [1.807, 2.05) is 25.4 Å². The van der Waals surface area contributed by atoms with Crippen LogP contribution in [0.15, 0.2) is 48.8 Å². The summed E-state index contributed by atoms with van der Waals surface area (Å²) in [4.78, 5) is 23.8. The lowest BCUT2D eigenvalue weighted by Gasteiger charge is -2.29. The molecule has 7 heteroatoms. The monoisotopic (exact) mass is 429 g/mol. The Labute approximate surface area is 186 Å². The first-order valence-electron chi connectivity index (χ1n) is 11.1. The van der Waals surface area contributed by atoms with Crippen molar-refractivity contribution in [2.24, 2.45) is 0 Å². The van der Waals surface area contributed by atoms with Gasteiger partial charge in [-0.25, -0.2) is 14.8 Å². The molecule has 1 aliphatic heterocycles. The zero-order valence-electron chi connectivity index (χ0n) is 18.4. The number of para-hydroxylation sites is 1. The maximum Gasteiger partial charge on any atom is 0.337 e. The fourth-order valence-corrected chi connectivity index (χ4v) is 4.67. The number of hydrogen-bond donors (Lipinski definition) is 2. The van der Waals surface area contributed by atoms with Crippen molar-refractivity contribution in [1.82, 2.24) is 14.4 Å². The van der Waals surface area contributed by atoms with Gasteiger partial charge in [-0.3, -0.25) is 4.40 Å². The number of aromatic carboxylic acids is 1. The largest absolute Gasteiger partial charge is 0.478 e. The fourth-order valence-electron chi connectivity index (χ4n) is 4.67. The van der Waals surface area contributed by atoms with E-state index in [2.05, 4.69) is 38.7 Å². The summed E-state index contributed by atoms with van der Waals surface area (Å²) in [5, 5.41) is 14.0. The first-order chi connectivity index (χ1) is 15.5. The highest BCUT2D eigenvalue weighted by molar-refractivity contribution is 5.96. The van der Waals surface area contributed by atoms with E-state index in [4.69, 9.17) is 4.98 Å². The van der Waals surface area contributed by atoms with Gasteiger partial charge in [-0.1, -0.05) is 18.2 Å². The maximum atomic E-state index is 11.7. The molecule has 4 aromatic rings. The lowest BCUT2D eigenvalue weighted by atomic mass is 10.0. The van der Waals surface area contributed by atoms with E-state index in [1.54, 1.807) is 18.2 Å². The predicted octanol–water partition coefficient (Wildman–Crippen LogP) is 5.05. The van der Waals surface area contributed by atoms with Crippen LogP contribution in [0.4, 0.5) is 11.6 Å². The Balaban J connectivity index is 1.65. The molecule has 0 radical (unpaired) electrons. The van der Waals surface area contributed by atoms with Crippen LogP contribution in [0.25, 0.3) is 16.6 Å². The topological polar surface area (TPSA) is 82.8 Å². The summed E-state index contributed by atoms with van der Waals surface area (Å²) < 4.78 is 2.09. The zero-order valence-corrected chi connectivity index (χ0v) is 18.4. The van der Waals surface area contributed by atoms with E-state index >= 15 is 0 Å². The van der Waals surface area contributed by atoms with Gasteiger partial charge < -0.3 is 15.3 Å². The van der Waals surface area contributed by atoms with E-state index in [9.17, 15) is 9.90 Å².